The van der Waals surface area contributed by atoms with E-state index in [0.29, 0.717) is 28.5 Å². The summed E-state index contributed by atoms with van der Waals surface area (Å²) in [5.74, 6) is 0.580. The van der Waals surface area contributed by atoms with Crippen molar-refractivity contribution in [1.29, 1.82) is 0 Å². The minimum absolute atomic E-state index is 0.00435. The fraction of sp³-hybridized carbons (Fsp3) is 0.185. The number of carbonyl (C=O) groups is 1. The highest BCUT2D eigenvalue weighted by atomic mass is 19.1. The van der Waals surface area contributed by atoms with E-state index in [-0.39, 0.29) is 24.0 Å². The molecule has 6 heteroatoms. The summed E-state index contributed by atoms with van der Waals surface area (Å²) < 4.78 is 30.7. The number of benzene rings is 3. The van der Waals surface area contributed by atoms with Gasteiger partial charge in [0.25, 0.3) is 0 Å². The van der Waals surface area contributed by atoms with Gasteiger partial charge < -0.3 is 14.2 Å². The van der Waals surface area contributed by atoms with Gasteiger partial charge in [0.1, 0.15) is 12.4 Å². The number of esters is 1. The molecular formula is C27H24FNO4. The molecule has 3 aromatic carbocycles. The first-order valence-electron chi connectivity index (χ1n) is 10.6. The molecule has 0 aromatic heterocycles. The second-order valence-electron chi connectivity index (χ2n) is 7.87. The Morgan fingerprint density at radius 1 is 1.03 bits per heavy atom. The summed E-state index contributed by atoms with van der Waals surface area (Å²) in [7, 11) is 1.52. The number of ether oxygens (including phenoxy) is 3. The normalized spacial score (nSPS) is 14.4. The van der Waals surface area contributed by atoms with Crippen LogP contribution in [0.3, 0.4) is 0 Å². The molecule has 0 atom stereocenters. The Morgan fingerprint density at radius 3 is 2.48 bits per heavy atom. The third kappa shape index (κ3) is 4.95. The number of methoxy groups -OCH3 is 1. The Kier molecular flexibility index (Phi) is 6.54. The molecule has 1 aliphatic rings. The SMILES string of the molecule is COc1cccc(/C=C2\N=C(c3ccc(C(C)C)cc3)OC2=O)c1OCc1ccccc1F. The summed E-state index contributed by atoms with van der Waals surface area (Å²) in [5.41, 5.74) is 3.03. The molecule has 0 aliphatic carbocycles. The maximum atomic E-state index is 14.0. The van der Waals surface area contributed by atoms with E-state index >= 15 is 0 Å². The summed E-state index contributed by atoms with van der Waals surface area (Å²) in [6, 6.07) is 19.4. The topological polar surface area (TPSA) is 57.1 Å². The van der Waals surface area contributed by atoms with Crippen molar-refractivity contribution in [3.63, 3.8) is 0 Å². The van der Waals surface area contributed by atoms with Gasteiger partial charge in [-0.05, 0) is 41.8 Å². The Morgan fingerprint density at radius 2 is 1.79 bits per heavy atom. The van der Waals surface area contributed by atoms with Gasteiger partial charge in [0.05, 0.1) is 7.11 Å². The van der Waals surface area contributed by atoms with E-state index in [1.54, 1.807) is 42.5 Å². The van der Waals surface area contributed by atoms with Gasteiger partial charge >= 0.3 is 5.97 Å². The lowest BCUT2D eigenvalue weighted by atomic mass is 10.0. The molecule has 0 fully saturated rings. The van der Waals surface area contributed by atoms with Crippen LogP contribution >= 0.6 is 0 Å². The number of nitrogens with zero attached hydrogens (tertiary/aromatic N) is 1. The van der Waals surface area contributed by atoms with E-state index in [0.717, 1.165) is 5.56 Å². The lowest BCUT2D eigenvalue weighted by molar-refractivity contribution is -0.129. The fourth-order valence-electron chi connectivity index (χ4n) is 3.42. The van der Waals surface area contributed by atoms with Gasteiger partial charge in [-0.2, -0.15) is 0 Å². The predicted molar refractivity (Wildman–Crippen MR) is 125 cm³/mol. The minimum Gasteiger partial charge on any atom is -0.493 e. The van der Waals surface area contributed by atoms with Crippen LogP contribution in [0.1, 0.15) is 42.0 Å². The number of rotatable bonds is 7. The summed E-state index contributed by atoms with van der Waals surface area (Å²) in [4.78, 5) is 16.9. The molecule has 0 N–H and O–H groups in total. The summed E-state index contributed by atoms with van der Waals surface area (Å²) in [6.07, 6.45) is 1.58. The third-order valence-corrected chi connectivity index (χ3v) is 5.30. The summed E-state index contributed by atoms with van der Waals surface area (Å²) in [5, 5.41) is 0. The molecule has 3 aromatic rings. The van der Waals surface area contributed by atoms with Crippen LogP contribution in [0.25, 0.3) is 6.08 Å². The van der Waals surface area contributed by atoms with E-state index in [9.17, 15) is 9.18 Å². The van der Waals surface area contributed by atoms with Gasteiger partial charge in [0.15, 0.2) is 17.2 Å². The largest absolute Gasteiger partial charge is 0.493 e. The molecule has 0 saturated carbocycles. The second-order valence-corrected chi connectivity index (χ2v) is 7.87. The Balaban J connectivity index is 1.63. The van der Waals surface area contributed by atoms with E-state index in [1.165, 1.54) is 18.7 Å². The van der Waals surface area contributed by atoms with Gasteiger partial charge in [-0.3, -0.25) is 0 Å². The van der Waals surface area contributed by atoms with Crippen LogP contribution in [0.4, 0.5) is 4.39 Å². The van der Waals surface area contributed by atoms with Crippen molar-refractivity contribution in [1.82, 2.24) is 0 Å². The third-order valence-electron chi connectivity index (χ3n) is 5.30. The highest BCUT2D eigenvalue weighted by Crippen LogP contribution is 2.34. The molecule has 1 aliphatic heterocycles. The van der Waals surface area contributed by atoms with Crippen molar-refractivity contribution in [2.45, 2.75) is 26.4 Å². The molecule has 0 radical (unpaired) electrons. The van der Waals surface area contributed by atoms with Gasteiger partial charge in [-0.1, -0.05) is 56.3 Å². The van der Waals surface area contributed by atoms with Crippen LogP contribution in [-0.2, 0) is 16.1 Å². The van der Waals surface area contributed by atoms with E-state index in [1.807, 2.05) is 24.3 Å². The average molecular weight is 445 g/mol. The molecule has 0 unspecified atom stereocenters. The van der Waals surface area contributed by atoms with Crippen LogP contribution in [0.15, 0.2) is 77.4 Å². The standard InChI is InChI=1S/C27H24FNO4/c1-17(2)18-11-13-19(14-12-18)26-29-23(27(30)33-26)15-20-8-6-10-24(31-3)25(20)32-16-21-7-4-5-9-22(21)28/h4-15,17H,16H2,1-3H3/b23-15-. The van der Waals surface area contributed by atoms with Gasteiger partial charge in [-0.25, -0.2) is 14.2 Å². The predicted octanol–water partition coefficient (Wildman–Crippen LogP) is 5.88. The zero-order valence-electron chi connectivity index (χ0n) is 18.7. The summed E-state index contributed by atoms with van der Waals surface area (Å²) >= 11 is 0. The molecule has 0 amide bonds. The fourth-order valence-corrected chi connectivity index (χ4v) is 3.42. The highest BCUT2D eigenvalue weighted by molar-refractivity contribution is 6.13. The Labute approximate surface area is 192 Å². The smallest absolute Gasteiger partial charge is 0.363 e. The lowest BCUT2D eigenvalue weighted by Crippen LogP contribution is -2.05. The molecule has 0 bridgehead atoms. The number of hydrogen-bond acceptors (Lipinski definition) is 5. The van der Waals surface area contributed by atoms with Crippen molar-refractivity contribution < 1.29 is 23.4 Å². The van der Waals surface area contributed by atoms with Crippen LogP contribution in [0.5, 0.6) is 11.5 Å². The van der Waals surface area contributed by atoms with Crippen LogP contribution in [0, 0.1) is 5.82 Å². The molecule has 1 heterocycles. The average Bonchev–Trinajstić information content (AvgIpc) is 3.19. The second kappa shape index (κ2) is 9.69. The lowest BCUT2D eigenvalue weighted by Gasteiger charge is -2.14. The molecule has 5 nitrogen and oxygen atoms in total. The zero-order valence-corrected chi connectivity index (χ0v) is 18.7. The molecule has 0 spiro atoms. The molecule has 4 rings (SSSR count). The monoisotopic (exact) mass is 445 g/mol. The maximum Gasteiger partial charge on any atom is 0.363 e. The number of cyclic esters (lactones) is 1. The van der Waals surface area contributed by atoms with Gasteiger partial charge in [0, 0.05) is 16.7 Å². The number of halogens is 1. The van der Waals surface area contributed by atoms with Crippen molar-refractivity contribution in [2.75, 3.05) is 7.11 Å². The molecule has 0 saturated heterocycles. The van der Waals surface area contributed by atoms with Gasteiger partial charge in [-0.15, -0.1) is 0 Å². The highest BCUT2D eigenvalue weighted by Gasteiger charge is 2.25. The summed E-state index contributed by atoms with van der Waals surface area (Å²) in [6.45, 7) is 4.23. The first-order valence-corrected chi connectivity index (χ1v) is 10.6. The number of aliphatic imine (C=N–C) groups is 1. The van der Waals surface area contributed by atoms with E-state index in [2.05, 4.69) is 18.8 Å². The molecule has 168 valence electrons. The first-order chi connectivity index (χ1) is 16.0. The molecular weight excluding hydrogens is 421 g/mol. The van der Waals surface area contributed by atoms with Crippen molar-refractivity contribution >= 4 is 17.9 Å². The van der Waals surface area contributed by atoms with Crippen molar-refractivity contribution in [2.24, 2.45) is 4.99 Å². The van der Waals surface area contributed by atoms with E-state index in [4.69, 9.17) is 14.2 Å². The Hall–Kier alpha value is -3.93. The van der Waals surface area contributed by atoms with Crippen molar-refractivity contribution in [3.8, 4) is 11.5 Å². The maximum absolute atomic E-state index is 14.0. The van der Waals surface area contributed by atoms with Crippen LogP contribution in [-0.4, -0.2) is 19.0 Å². The Bertz CT molecular complexity index is 1230. The zero-order chi connectivity index (χ0) is 23.4. The number of hydrogen-bond donors (Lipinski definition) is 0. The first kappa shape index (κ1) is 22.3. The molecule has 33 heavy (non-hydrogen) atoms. The van der Waals surface area contributed by atoms with Crippen LogP contribution in [0.2, 0.25) is 0 Å². The number of para-hydroxylation sites is 1. The van der Waals surface area contributed by atoms with E-state index < -0.39 is 5.97 Å². The minimum atomic E-state index is -0.555. The van der Waals surface area contributed by atoms with Crippen molar-refractivity contribution in [3.05, 3.63) is 100 Å². The van der Waals surface area contributed by atoms with Gasteiger partial charge in [0.2, 0.25) is 5.90 Å². The quantitative estimate of drug-likeness (QED) is 0.337. The van der Waals surface area contributed by atoms with Crippen LogP contribution < -0.4 is 9.47 Å². The number of carbonyl (C=O) groups excluding carboxylic acids is 1.